The summed E-state index contributed by atoms with van der Waals surface area (Å²) < 4.78 is 50.9. The summed E-state index contributed by atoms with van der Waals surface area (Å²) in [4.78, 5) is 4.93. The van der Waals surface area contributed by atoms with Crippen LogP contribution in [0.2, 0.25) is 0 Å². The van der Waals surface area contributed by atoms with Gasteiger partial charge in [-0.05, 0) is 27.0 Å². The number of alkyl halides is 3. The number of nitrogens with one attached hydrogen (secondary N) is 1. The molecule has 0 aliphatic heterocycles. The first kappa shape index (κ1) is 15.7. The summed E-state index contributed by atoms with van der Waals surface area (Å²) in [7, 11) is 1.64. The van der Waals surface area contributed by atoms with Crippen molar-refractivity contribution >= 4 is 5.82 Å². The number of hydrogen-bond acceptors (Lipinski definition) is 3. The van der Waals surface area contributed by atoms with E-state index in [1.807, 2.05) is 0 Å². The molecule has 1 heterocycles. The van der Waals surface area contributed by atoms with Gasteiger partial charge in [0.25, 0.3) is 0 Å². The van der Waals surface area contributed by atoms with E-state index in [0.717, 1.165) is 11.1 Å². The molecule has 0 unspecified atom stereocenters. The standard InChI is InChI=1S/C12H17F4N3/c1-8(2)19(7-12(14,15)16)11-9(5-17-3)4-10(13)6-18-11/h4,6,8,17H,5,7H2,1-3H3. The van der Waals surface area contributed by atoms with Crippen LogP contribution in [0.15, 0.2) is 12.3 Å². The lowest BCUT2D eigenvalue weighted by Crippen LogP contribution is -2.40. The Kier molecular flexibility index (Phi) is 5.11. The van der Waals surface area contributed by atoms with E-state index >= 15 is 0 Å². The Bertz CT molecular complexity index is 418. The van der Waals surface area contributed by atoms with Crippen LogP contribution in [0.25, 0.3) is 0 Å². The Hall–Kier alpha value is -1.37. The van der Waals surface area contributed by atoms with Crippen LogP contribution >= 0.6 is 0 Å². The predicted molar refractivity (Wildman–Crippen MR) is 65.5 cm³/mol. The van der Waals surface area contributed by atoms with Gasteiger partial charge < -0.3 is 10.2 Å². The highest BCUT2D eigenvalue weighted by Crippen LogP contribution is 2.25. The highest BCUT2D eigenvalue weighted by atomic mass is 19.4. The van der Waals surface area contributed by atoms with Gasteiger partial charge in [0, 0.05) is 18.2 Å². The molecule has 1 N–H and O–H groups in total. The van der Waals surface area contributed by atoms with Crippen LogP contribution in [0, 0.1) is 5.82 Å². The van der Waals surface area contributed by atoms with E-state index in [2.05, 4.69) is 10.3 Å². The van der Waals surface area contributed by atoms with Crippen molar-refractivity contribution in [2.45, 2.75) is 32.6 Å². The van der Waals surface area contributed by atoms with E-state index < -0.39 is 24.6 Å². The van der Waals surface area contributed by atoms with E-state index in [9.17, 15) is 17.6 Å². The highest BCUT2D eigenvalue weighted by molar-refractivity contribution is 5.48. The Morgan fingerprint density at radius 2 is 2.00 bits per heavy atom. The SMILES string of the molecule is CNCc1cc(F)cnc1N(CC(F)(F)F)C(C)C. The number of anilines is 1. The number of halogens is 4. The minimum atomic E-state index is -4.34. The molecule has 0 aliphatic carbocycles. The van der Waals surface area contributed by atoms with Gasteiger partial charge in [0.15, 0.2) is 0 Å². The van der Waals surface area contributed by atoms with E-state index in [0.29, 0.717) is 5.56 Å². The topological polar surface area (TPSA) is 28.2 Å². The zero-order valence-electron chi connectivity index (χ0n) is 11.1. The third kappa shape index (κ3) is 4.66. The molecule has 0 aromatic carbocycles. The second-order valence-electron chi connectivity index (χ2n) is 4.50. The van der Waals surface area contributed by atoms with E-state index in [1.54, 1.807) is 20.9 Å². The van der Waals surface area contributed by atoms with Crippen molar-refractivity contribution in [2.75, 3.05) is 18.5 Å². The van der Waals surface area contributed by atoms with Gasteiger partial charge in [0.2, 0.25) is 0 Å². The zero-order chi connectivity index (χ0) is 14.6. The summed E-state index contributed by atoms with van der Waals surface area (Å²) in [5.74, 6) is -0.409. The lowest BCUT2D eigenvalue weighted by Gasteiger charge is -2.30. The third-order valence-corrected chi connectivity index (χ3v) is 2.52. The molecule has 3 nitrogen and oxygen atoms in total. The summed E-state index contributed by atoms with van der Waals surface area (Å²) in [5, 5.41) is 2.79. The molecule has 0 saturated heterocycles. The monoisotopic (exact) mass is 279 g/mol. The summed E-state index contributed by atoms with van der Waals surface area (Å²) >= 11 is 0. The molecular weight excluding hydrogens is 262 g/mol. The van der Waals surface area contributed by atoms with Gasteiger partial charge in [-0.15, -0.1) is 0 Å². The molecule has 19 heavy (non-hydrogen) atoms. The fourth-order valence-electron chi connectivity index (χ4n) is 1.75. The molecule has 1 aromatic heterocycles. The van der Waals surface area contributed by atoms with Crippen molar-refractivity contribution in [1.82, 2.24) is 10.3 Å². The molecule has 0 bridgehead atoms. The molecule has 108 valence electrons. The fourth-order valence-corrected chi connectivity index (χ4v) is 1.75. The average molecular weight is 279 g/mol. The van der Waals surface area contributed by atoms with Gasteiger partial charge in [-0.2, -0.15) is 13.2 Å². The number of nitrogens with zero attached hydrogens (tertiary/aromatic N) is 2. The maximum Gasteiger partial charge on any atom is 0.405 e. The minimum Gasteiger partial charge on any atom is -0.345 e. The van der Waals surface area contributed by atoms with Crippen LogP contribution in [0.1, 0.15) is 19.4 Å². The Labute approximate surface area is 109 Å². The smallest absolute Gasteiger partial charge is 0.345 e. The normalized spacial score (nSPS) is 12.0. The molecule has 1 rings (SSSR count). The first-order chi connectivity index (χ1) is 8.74. The molecule has 0 radical (unpaired) electrons. The second-order valence-corrected chi connectivity index (χ2v) is 4.50. The zero-order valence-corrected chi connectivity index (χ0v) is 11.1. The molecule has 0 saturated carbocycles. The van der Waals surface area contributed by atoms with Gasteiger partial charge >= 0.3 is 6.18 Å². The van der Waals surface area contributed by atoms with Crippen LogP contribution in [-0.4, -0.2) is 30.8 Å². The number of hydrogen-bond donors (Lipinski definition) is 1. The molecule has 1 aromatic rings. The third-order valence-electron chi connectivity index (χ3n) is 2.52. The largest absolute Gasteiger partial charge is 0.405 e. The Morgan fingerprint density at radius 1 is 1.37 bits per heavy atom. The van der Waals surface area contributed by atoms with Gasteiger partial charge in [0.05, 0.1) is 6.20 Å². The fraction of sp³-hybridized carbons (Fsp3) is 0.583. The van der Waals surface area contributed by atoms with E-state index in [-0.39, 0.29) is 12.4 Å². The summed E-state index contributed by atoms with van der Waals surface area (Å²) in [6.07, 6.45) is -3.41. The summed E-state index contributed by atoms with van der Waals surface area (Å²) in [5.41, 5.74) is 0.403. The molecule has 0 spiro atoms. The van der Waals surface area contributed by atoms with Crippen molar-refractivity contribution < 1.29 is 17.6 Å². The van der Waals surface area contributed by atoms with Crippen molar-refractivity contribution in [3.05, 3.63) is 23.6 Å². The molecule has 0 fully saturated rings. The van der Waals surface area contributed by atoms with Crippen molar-refractivity contribution in [2.24, 2.45) is 0 Å². The van der Waals surface area contributed by atoms with Crippen LogP contribution in [0.3, 0.4) is 0 Å². The van der Waals surface area contributed by atoms with Gasteiger partial charge in [-0.1, -0.05) is 0 Å². The molecule has 0 atom stereocenters. The Morgan fingerprint density at radius 3 is 2.47 bits per heavy atom. The van der Waals surface area contributed by atoms with Crippen LogP contribution in [-0.2, 0) is 6.54 Å². The van der Waals surface area contributed by atoms with Crippen LogP contribution in [0.5, 0.6) is 0 Å². The van der Waals surface area contributed by atoms with Crippen molar-refractivity contribution in [3.8, 4) is 0 Å². The average Bonchev–Trinajstić information content (AvgIpc) is 2.25. The lowest BCUT2D eigenvalue weighted by molar-refractivity contribution is -0.120. The molecule has 7 heteroatoms. The number of rotatable bonds is 5. The number of aromatic nitrogens is 1. The number of pyridine rings is 1. The maximum absolute atomic E-state index is 13.1. The van der Waals surface area contributed by atoms with Crippen molar-refractivity contribution in [3.63, 3.8) is 0 Å². The summed E-state index contributed by atoms with van der Waals surface area (Å²) in [6.45, 7) is 2.42. The highest BCUT2D eigenvalue weighted by Gasteiger charge is 2.33. The van der Waals surface area contributed by atoms with E-state index in [1.165, 1.54) is 6.07 Å². The van der Waals surface area contributed by atoms with Gasteiger partial charge in [0.1, 0.15) is 18.2 Å². The predicted octanol–water partition coefficient (Wildman–Crippen LogP) is 2.72. The van der Waals surface area contributed by atoms with Crippen LogP contribution < -0.4 is 10.2 Å². The summed E-state index contributed by atoms with van der Waals surface area (Å²) in [6, 6.07) is 0.806. The molecule has 0 amide bonds. The minimum absolute atomic E-state index is 0.156. The van der Waals surface area contributed by atoms with Gasteiger partial charge in [-0.3, -0.25) is 0 Å². The molecule has 0 aliphatic rings. The van der Waals surface area contributed by atoms with Gasteiger partial charge in [-0.25, -0.2) is 9.37 Å². The first-order valence-corrected chi connectivity index (χ1v) is 5.87. The molecular formula is C12H17F4N3. The van der Waals surface area contributed by atoms with E-state index in [4.69, 9.17) is 0 Å². The van der Waals surface area contributed by atoms with Crippen LogP contribution in [0.4, 0.5) is 23.4 Å². The maximum atomic E-state index is 13.1. The van der Waals surface area contributed by atoms with Crippen molar-refractivity contribution in [1.29, 1.82) is 0 Å². The lowest BCUT2D eigenvalue weighted by atomic mass is 10.2. The first-order valence-electron chi connectivity index (χ1n) is 5.87. The Balaban J connectivity index is 3.14. The second kappa shape index (κ2) is 6.18. The quantitative estimate of drug-likeness (QED) is 0.840.